The molecular weight excluding hydrogens is 464 g/mol. The highest BCUT2D eigenvalue weighted by atomic mass is 19.3. The highest BCUT2D eigenvalue weighted by Crippen LogP contribution is 2.34. The van der Waals surface area contributed by atoms with Crippen molar-refractivity contribution in [1.82, 2.24) is 15.5 Å². The van der Waals surface area contributed by atoms with Crippen molar-refractivity contribution in [3.8, 4) is 0 Å². The van der Waals surface area contributed by atoms with Crippen molar-refractivity contribution < 1.29 is 23.2 Å². The van der Waals surface area contributed by atoms with Gasteiger partial charge in [-0.25, -0.2) is 8.78 Å². The van der Waals surface area contributed by atoms with E-state index in [4.69, 9.17) is 0 Å². The first-order valence-electron chi connectivity index (χ1n) is 13.7. The van der Waals surface area contributed by atoms with Gasteiger partial charge in [0.15, 0.2) is 0 Å². The van der Waals surface area contributed by atoms with Gasteiger partial charge in [-0.1, -0.05) is 25.0 Å². The van der Waals surface area contributed by atoms with Crippen molar-refractivity contribution >= 4 is 17.7 Å². The number of carbonyl (C=O) groups excluding carboxylic acids is 3. The van der Waals surface area contributed by atoms with Crippen LogP contribution in [0.25, 0.3) is 0 Å². The lowest BCUT2D eigenvalue weighted by Crippen LogP contribution is -2.52. The van der Waals surface area contributed by atoms with Gasteiger partial charge < -0.3 is 10.2 Å². The molecule has 1 aromatic rings. The largest absolute Gasteiger partial charge is 0.322 e. The summed E-state index contributed by atoms with van der Waals surface area (Å²) in [5.41, 5.74) is 2.83. The number of halogens is 2. The zero-order valence-corrected chi connectivity index (χ0v) is 20.8. The molecule has 0 bridgehead atoms. The number of hydrogen-bond donors (Lipinski definition) is 2. The molecule has 2 N–H and O–H groups in total. The number of hydrogen-bond acceptors (Lipinski definition) is 4. The van der Waals surface area contributed by atoms with Crippen LogP contribution in [0.2, 0.25) is 0 Å². The third-order valence-corrected chi connectivity index (χ3v) is 8.80. The lowest BCUT2D eigenvalue weighted by molar-refractivity contribution is -0.136. The molecule has 3 amide bonds. The van der Waals surface area contributed by atoms with Gasteiger partial charge in [0.25, 0.3) is 5.91 Å². The monoisotopic (exact) mass is 501 g/mol. The van der Waals surface area contributed by atoms with E-state index in [0.717, 1.165) is 50.5 Å². The Morgan fingerprint density at radius 2 is 1.78 bits per heavy atom. The third kappa shape index (κ3) is 5.63. The Balaban J connectivity index is 1.20. The zero-order valence-electron chi connectivity index (χ0n) is 20.8. The fourth-order valence-electron chi connectivity index (χ4n) is 6.85. The molecule has 3 fully saturated rings. The molecule has 5 rings (SSSR count). The maximum Gasteiger partial charge on any atom is 0.255 e. The van der Waals surface area contributed by atoms with E-state index in [0.29, 0.717) is 36.5 Å². The van der Waals surface area contributed by atoms with Crippen LogP contribution in [0.5, 0.6) is 0 Å². The molecule has 1 unspecified atom stereocenters. The molecular formula is C28H37F2N3O3. The van der Waals surface area contributed by atoms with Crippen LogP contribution in [0.15, 0.2) is 18.2 Å². The number of nitrogens with one attached hydrogen (secondary N) is 2. The minimum atomic E-state index is -2.19. The second kappa shape index (κ2) is 11.0. The summed E-state index contributed by atoms with van der Waals surface area (Å²) in [6.45, 7) is 0.405. The fourth-order valence-corrected chi connectivity index (χ4v) is 6.85. The van der Waals surface area contributed by atoms with Gasteiger partial charge in [-0.15, -0.1) is 0 Å². The van der Waals surface area contributed by atoms with Gasteiger partial charge in [-0.05, 0) is 80.4 Å². The lowest BCUT2D eigenvalue weighted by atomic mass is 9.78. The molecule has 3 atom stereocenters. The van der Waals surface area contributed by atoms with Crippen LogP contribution < -0.4 is 10.6 Å². The van der Waals surface area contributed by atoms with Crippen LogP contribution in [0.1, 0.15) is 92.1 Å². The Labute approximate surface area is 211 Å². The van der Waals surface area contributed by atoms with Crippen molar-refractivity contribution in [3.63, 3.8) is 0 Å². The summed E-state index contributed by atoms with van der Waals surface area (Å²) < 4.78 is 25.5. The van der Waals surface area contributed by atoms with Crippen molar-refractivity contribution in [2.45, 2.75) is 108 Å². The first-order valence-corrected chi connectivity index (χ1v) is 13.7. The van der Waals surface area contributed by atoms with Gasteiger partial charge in [-0.2, -0.15) is 0 Å². The van der Waals surface area contributed by atoms with Crippen molar-refractivity contribution in [3.05, 3.63) is 34.9 Å². The van der Waals surface area contributed by atoms with Crippen LogP contribution >= 0.6 is 0 Å². The van der Waals surface area contributed by atoms with Gasteiger partial charge in [0.1, 0.15) is 6.04 Å². The average molecular weight is 502 g/mol. The van der Waals surface area contributed by atoms with Crippen molar-refractivity contribution in [1.29, 1.82) is 0 Å². The van der Waals surface area contributed by atoms with E-state index >= 15 is 0 Å². The number of fused-ring (bicyclic) bond motifs is 1. The first kappa shape index (κ1) is 25.3. The molecule has 0 radical (unpaired) electrons. The number of imide groups is 1. The smallest absolute Gasteiger partial charge is 0.255 e. The van der Waals surface area contributed by atoms with Crippen molar-refractivity contribution in [2.24, 2.45) is 11.8 Å². The Morgan fingerprint density at radius 3 is 2.53 bits per heavy atom. The molecule has 2 heterocycles. The molecule has 8 heteroatoms. The number of rotatable bonds is 7. The molecule has 1 aromatic carbocycles. The number of benzene rings is 1. The van der Waals surface area contributed by atoms with Crippen LogP contribution in [-0.4, -0.2) is 47.2 Å². The predicted molar refractivity (Wildman–Crippen MR) is 131 cm³/mol. The Kier molecular flexibility index (Phi) is 7.70. The molecule has 36 heavy (non-hydrogen) atoms. The van der Waals surface area contributed by atoms with E-state index in [2.05, 4.69) is 16.7 Å². The quantitative estimate of drug-likeness (QED) is 0.545. The minimum absolute atomic E-state index is 0.0422. The number of alkyl halides is 2. The predicted octanol–water partition coefficient (Wildman–Crippen LogP) is 4.35. The summed E-state index contributed by atoms with van der Waals surface area (Å²) in [6.07, 6.45) is 7.91. The molecule has 4 aliphatic rings. The van der Waals surface area contributed by atoms with E-state index in [1.165, 1.54) is 18.4 Å². The fraction of sp³-hybridized carbons (Fsp3) is 0.679. The second-order valence-corrected chi connectivity index (χ2v) is 11.3. The Morgan fingerprint density at radius 1 is 1.00 bits per heavy atom. The summed E-state index contributed by atoms with van der Waals surface area (Å²) in [7, 11) is 0. The summed E-state index contributed by atoms with van der Waals surface area (Å²) in [6, 6.07) is 6.34. The first-order chi connectivity index (χ1) is 17.4. The molecule has 2 aliphatic heterocycles. The third-order valence-electron chi connectivity index (χ3n) is 8.80. The number of piperidine rings is 1. The normalized spacial score (nSPS) is 31.0. The van der Waals surface area contributed by atoms with E-state index in [1.807, 2.05) is 12.1 Å². The van der Waals surface area contributed by atoms with Crippen LogP contribution in [0.4, 0.5) is 8.78 Å². The maximum absolute atomic E-state index is 13.0. The lowest BCUT2D eigenvalue weighted by Gasteiger charge is -2.38. The van der Waals surface area contributed by atoms with Gasteiger partial charge in [0.2, 0.25) is 18.2 Å². The number of nitrogens with zero attached hydrogens (tertiary/aromatic N) is 1. The van der Waals surface area contributed by atoms with Crippen LogP contribution in [0.3, 0.4) is 0 Å². The van der Waals surface area contributed by atoms with E-state index in [9.17, 15) is 23.2 Å². The summed E-state index contributed by atoms with van der Waals surface area (Å²) >= 11 is 0. The van der Waals surface area contributed by atoms with Crippen LogP contribution in [0, 0.1) is 11.8 Å². The van der Waals surface area contributed by atoms with Gasteiger partial charge in [0.05, 0.1) is 0 Å². The topological polar surface area (TPSA) is 78.5 Å². The van der Waals surface area contributed by atoms with Gasteiger partial charge in [-0.3, -0.25) is 19.7 Å². The average Bonchev–Trinajstić information content (AvgIpc) is 3.16. The number of amides is 3. The number of carbonyl (C=O) groups is 3. The van der Waals surface area contributed by atoms with E-state index in [-0.39, 0.29) is 36.5 Å². The molecule has 0 aromatic heterocycles. The zero-order chi connectivity index (χ0) is 25.2. The van der Waals surface area contributed by atoms with Crippen LogP contribution in [-0.2, 0) is 22.6 Å². The molecule has 0 spiro atoms. The van der Waals surface area contributed by atoms with E-state index < -0.39 is 12.5 Å². The maximum atomic E-state index is 13.0. The summed E-state index contributed by atoms with van der Waals surface area (Å²) in [5.74, 6) is -0.116. The summed E-state index contributed by atoms with van der Waals surface area (Å²) in [4.78, 5) is 38.4. The SMILES string of the molecule is O=C1CCC(N2Cc3cc(C[C@H]4CCCC[C@@H]4NC4CCC(CC(F)F)CC4)ccc3C2=O)C(=O)N1. The standard InChI is InChI=1S/C28H37F2N3O3/c29-25(30)15-17-5-8-21(9-6-17)31-23-4-2-1-3-19(23)13-18-7-10-22-20(14-18)16-33(28(22)36)24-11-12-26(34)32-27(24)35/h7,10,14,17,19,21,23-25,31H,1-6,8-9,11-13,15-16H2,(H,32,34,35)/t17?,19-,21?,23+,24?/m1/s1. The Hall–Kier alpha value is -2.35. The minimum Gasteiger partial charge on any atom is -0.322 e. The second-order valence-electron chi connectivity index (χ2n) is 11.3. The van der Waals surface area contributed by atoms with E-state index in [1.54, 1.807) is 4.90 Å². The van der Waals surface area contributed by atoms with Crippen molar-refractivity contribution in [2.75, 3.05) is 0 Å². The highest BCUT2D eigenvalue weighted by Gasteiger charge is 2.39. The molecule has 6 nitrogen and oxygen atoms in total. The summed E-state index contributed by atoms with van der Waals surface area (Å²) in [5, 5.41) is 6.25. The highest BCUT2D eigenvalue weighted by molar-refractivity contribution is 6.05. The molecule has 196 valence electrons. The molecule has 2 saturated carbocycles. The molecule has 2 aliphatic carbocycles. The molecule has 1 saturated heterocycles. The van der Waals surface area contributed by atoms with Gasteiger partial charge >= 0.3 is 0 Å². The Bertz CT molecular complexity index is 992. The van der Waals surface area contributed by atoms with Gasteiger partial charge in [0, 0.05) is 37.0 Å².